The van der Waals surface area contributed by atoms with E-state index in [-0.39, 0.29) is 11.6 Å². The average molecular weight is 745 g/mol. The summed E-state index contributed by atoms with van der Waals surface area (Å²) in [7, 11) is 3.06. The molecule has 268 valence electrons. The zero-order valence-corrected chi connectivity index (χ0v) is 30.8. The van der Waals surface area contributed by atoms with Crippen molar-refractivity contribution in [3.8, 4) is 17.2 Å². The first-order valence-corrected chi connectivity index (χ1v) is 18.3. The van der Waals surface area contributed by atoms with Crippen LogP contribution in [0.15, 0.2) is 132 Å². The number of fused-ring (bicyclic) bond motifs is 1. The third-order valence-electron chi connectivity index (χ3n) is 7.86. The van der Waals surface area contributed by atoms with E-state index in [1.807, 2.05) is 73.7 Å². The third-order valence-corrected chi connectivity index (χ3v) is 10.1. The lowest BCUT2D eigenvalue weighted by Gasteiger charge is -2.17. The van der Waals surface area contributed by atoms with Crippen molar-refractivity contribution in [2.24, 2.45) is 0 Å². The van der Waals surface area contributed by atoms with Crippen LogP contribution in [0.25, 0.3) is 16.3 Å². The van der Waals surface area contributed by atoms with Gasteiger partial charge in [-0.25, -0.2) is 4.98 Å². The molecular weight excluding hydrogens is 709 g/mol. The first kappa shape index (κ1) is 36.7. The van der Waals surface area contributed by atoms with Crippen molar-refractivity contribution in [2.45, 2.75) is 17.1 Å². The van der Waals surface area contributed by atoms with Gasteiger partial charge < -0.3 is 30.2 Å². The normalized spacial score (nSPS) is 11.7. The highest BCUT2D eigenvalue weighted by Gasteiger charge is 2.24. The highest BCUT2D eigenvalue weighted by atomic mass is 32.2. The van der Waals surface area contributed by atoms with Gasteiger partial charge in [-0.1, -0.05) is 65.9 Å². The van der Waals surface area contributed by atoms with Crippen LogP contribution in [0.1, 0.15) is 33.7 Å². The molecule has 0 fully saturated rings. The average Bonchev–Trinajstić information content (AvgIpc) is 3.59. The number of nitrogens with zero attached hydrogens (tertiary/aromatic N) is 1. The molecule has 5 aromatic carbocycles. The Hall–Kier alpha value is -6.11. The fraction of sp³-hybridized carbons (Fsp3) is 0.122. The Labute approximate surface area is 315 Å². The predicted octanol–water partition coefficient (Wildman–Crippen LogP) is 8.59. The molecule has 0 aliphatic carbocycles. The van der Waals surface area contributed by atoms with E-state index in [0.717, 1.165) is 26.4 Å². The highest BCUT2D eigenvalue weighted by Crippen LogP contribution is 2.38. The summed E-state index contributed by atoms with van der Waals surface area (Å²) >= 11 is 2.76. The van der Waals surface area contributed by atoms with E-state index in [0.29, 0.717) is 40.1 Å². The minimum atomic E-state index is -0.591. The number of anilines is 2. The molecule has 0 spiro atoms. The van der Waals surface area contributed by atoms with E-state index in [9.17, 15) is 14.4 Å². The van der Waals surface area contributed by atoms with Gasteiger partial charge in [0.25, 0.3) is 11.8 Å². The monoisotopic (exact) mass is 744 g/mol. The van der Waals surface area contributed by atoms with Crippen LogP contribution < -0.4 is 30.2 Å². The van der Waals surface area contributed by atoms with Gasteiger partial charge in [-0.2, -0.15) is 0 Å². The maximum Gasteiger partial charge on any atom is 0.272 e. The van der Waals surface area contributed by atoms with E-state index < -0.39 is 17.1 Å². The minimum absolute atomic E-state index is 0.0225. The number of aromatic nitrogens is 1. The van der Waals surface area contributed by atoms with Crippen LogP contribution >= 0.6 is 23.1 Å². The molecule has 1 aromatic heterocycles. The zero-order valence-electron chi connectivity index (χ0n) is 29.1. The number of hydrogen-bond acceptors (Lipinski definition) is 9. The fourth-order valence-corrected chi connectivity index (χ4v) is 7.21. The smallest absolute Gasteiger partial charge is 0.272 e. The molecule has 3 N–H and O–H groups in total. The lowest BCUT2D eigenvalue weighted by atomic mass is 10.1. The van der Waals surface area contributed by atoms with E-state index in [1.54, 1.807) is 60.7 Å². The Morgan fingerprint density at radius 3 is 2.23 bits per heavy atom. The van der Waals surface area contributed by atoms with E-state index in [4.69, 9.17) is 14.2 Å². The van der Waals surface area contributed by atoms with Crippen molar-refractivity contribution in [3.63, 3.8) is 0 Å². The number of thioether (sulfide) groups is 1. The molecule has 6 aromatic rings. The molecule has 0 saturated carbocycles. The molecule has 1 heterocycles. The Kier molecular flexibility index (Phi) is 12.0. The van der Waals surface area contributed by atoms with Gasteiger partial charge in [0.2, 0.25) is 5.91 Å². The van der Waals surface area contributed by atoms with Gasteiger partial charge in [-0.15, -0.1) is 11.8 Å². The Balaban J connectivity index is 1.19. The summed E-state index contributed by atoms with van der Waals surface area (Å²) in [6.45, 7) is 2.49. The van der Waals surface area contributed by atoms with Crippen LogP contribution in [0.3, 0.4) is 0 Å². The topological polar surface area (TPSA) is 128 Å². The number of carbonyl (C=O) groups is 3. The largest absolute Gasteiger partial charge is 0.494 e. The summed E-state index contributed by atoms with van der Waals surface area (Å²) in [6.07, 6.45) is 1.56. The molecule has 6 rings (SSSR count). The van der Waals surface area contributed by atoms with Crippen molar-refractivity contribution in [3.05, 3.63) is 144 Å². The molecule has 12 heteroatoms. The van der Waals surface area contributed by atoms with Crippen LogP contribution in [0.5, 0.6) is 17.2 Å². The Bertz CT molecular complexity index is 2240. The molecule has 3 amide bonds. The number of benzene rings is 5. The lowest BCUT2D eigenvalue weighted by Crippen LogP contribution is -2.30. The number of methoxy groups -OCH3 is 2. The number of hydrogen-bond donors (Lipinski definition) is 3. The van der Waals surface area contributed by atoms with Gasteiger partial charge in [-0.05, 0) is 90.9 Å². The van der Waals surface area contributed by atoms with Crippen molar-refractivity contribution >= 4 is 67.9 Å². The molecule has 1 unspecified atom stereocenters. The first-order chi connectivity index (χ1) is 25.8. The molecule has 53 heavy (non-hydrogen) atoms. The molecule has 0 radical (unpaired) electrons. The van der Waals surface area contributed by atoms with Crippen molar-refractivity contribution in [2.75, 3.05) is 31.5 Å². The third kappa shape index (κ3) is 9.42. The van der Waals surface area contributed by atoms with Gasteiger partial charge in [0.05, 0.1) is 31.0 Å². The SMILES string of the molecule is CCOc1ccc2nc(NC(=O)C(Sc3ccc(NC(=O)/C(=C/c4ccc(OC)c(OC)c4)NC(=O)c4ccccc4)cc3)c3ccccc3)sc2c1. The summed E-state index contributed by atoms with van der Waals surface area (Å²) in [5.74, 6) is 0.563. The molecule has 0 aliphatic rings. The maximum absolute atomic E-state index is 13.8. The summed E-state index contributed by atoms with van der Waals surface area (Å²) in [5.41, 5.74) is 3.13. The molecule has 0 aliphatic heterocycles. The number of carbonyl (C=O) groups excluding carboxylic acids is 3. The van der Waals surface area contributed by atoms with Crippen molar-refractivity contribution in [1.29, 1.82) is 0 Å². The molecular formula is C41H36N4O6S2. The summed E-state index contributed by atoms with van der Waals surface area (Å²) in [4.78, 5) is 46.0. The van der Waals surface area contributed by atoms with Gasteiger partial charge >= 0.3 is 0 Å². The second-order valence-corrected chi connectivity index (χ2v) is 13.7. The van der Waals surface area contributed by atoms with Crippen LogP contribution in [-0.2, 0) is 9.59 Å². The van der Waals surface area contributed by atoms with Gasteiger partial charge in [0.15, 0.2) is 16.6 Å². The van der Waals surface area contributed by atoms with Gasteiger partial charge in [0.1, 0.15) is 16.7 Å². The van der Waals surface area contributed by atoms with Crippen LogP contribution in [0.2, 0.25) is 0 Å². The highest BCUT2D eigenvalue weighted by molar-refractivity contribution is 8.00. The predicted molar refractivity (Wildman–Crippen MR) is 211 cm³/mol. The zero-order chi connectivity index (χ0) is 37.2. The van der Waals surface area contributed by atoms with E-state index in [1.165, 1.54) is 37.3 Å². The minimum Gasteiger partial charge on any atom is -0.494 e. The summed E-state index contributed by atoms with van der Waals surface area (Å²) in [6, 6.07) is 36.1. The number of thiazole rings is 1. The number of ether oxygens (including phenoxy) is 3. The molecule has 0 bridgehead atoms. The molecule has 10 nitrogen and oxygen atoms in total. The van der Waals surface area contributed by atoms with Crippen molar-refractivity contribution < 1.29 is 28.6 Å². The van der Waals surface area contributed by atoms with E-state index in [2.05, 4.69) is 20.9 Å². The quantitative estimate of drug-likeness (QED) is 0.0748. The van der Waals surface area contributed by atoms with Crippen LogP contribution in [-0.4, -0.2) is 43.5 Å². The fourth-order valence-electron chi connectivity index (χ4n) is 5.29. The van der Waals surface area contributed by atoms with Gasteiger partial charge in [-0.3, -0.25) is 14.4 Å². The van der Waals surface area contributed by atoms with Gasteiger partial charge in [0, 0.05) is 16.1 Å². The first-order valence-electron chi connectivity index (χ1n) is 16.6. The second kappa shape index (κ2) is 17.4. The second-order valence-electron chi connectivity index (χ2n) is 11.5. The maximum atomic E-state index is 13.8. The standard InChI is InChI=1S/C41H36N4O6S2/c1-4-51-30-18-21-32-36(25-30)53-41(44-32)45-40(48)37(27-11-7-5-8-12-27)52-31-19-16-29(17-20-31)42-39(47)33(43-38(46)28-13-9-6-10-14-28)23-26-15-22-34(49-2)35(24-26)50-3/h5-25,37H,4H2,1-3H3,(H,42,47)(H,43,46)(H,44,45,48)/b33-23-. The Morgan fingerprint density at radius 2 is 1.53 bits per heavy atom. The summed E-state index contributed by atoms with van der Waals surface area (Å²) in [5, 5.41) is 8.54. The van der Waals surface area contributed by atoms with E-state index >= 15 is 0 Å². The summed E-state index contributed by atoms with van der Waals surface area (Å²) < 4.78 is 17.3. The lowest BCUT2D eigenvalue weighted by molar-refractivity contribution is -0.116. The van der Waals surface area contributed by atoms with Crippen molar-refractivity contribution in [1.82, 2.24) is 10.3 Å². The number of rotatable bonds is 14. The molecule has 1 atom stereocenters. The molecule has 0 saturated heterocycles. The van der Waals surface area contributed by atoms with Crippen LogP contribution in [0, 0.1) is 0 Å². The number of nitrogens with one attached hydrogen (secondary N) is 3. The van der Waals surface area contributed by atoms with Crippen LogP contribution in [0.4, 0.5) is 10.8 Å². The number of amides is 3. The Morgan fingerprint density at radius 1 is 0.811 bits per heavy atom.